The summed E-state index contributed by atoms with van der Waals surface area (Å²) < 4.78 is 0. The summed E-state index contributed by atoms with van der Waals surface area (Å²) in [5.41, 5.74) is 5.40. The Kier molecular flexibility index (Phi) is 7.25. The summed E-state index contributed by atoms with van der Waals surface area (Å²) in [4.78, 5) is 31.1. The molecule has 2 amide bonds. The van der Waals surface area contributed by atoms with Crippen molar-refractivity contribution < 1.29 is 9.59 Å². The van der Waals surface area contributed by atoms with Crippen LogP contribution in [0.5, 0.6) is 0 Å². The molecule has 1 aliphatic carbocycles. The lowest BCUT2D eigenvalue weighted by Crippen LogP contribution is -2.59. The summed E-state index contributed by atoms with van der Waals surface area (Å²) in [6, 6.07) is 0.413. The second-order valence-corrected chi connectivity index (χ2v) is 8.03. The molecule has 0 radical (unpaired) electrons. The minimum atomic E-state index is -0.770. The summed E-state index contributed by atoms with van der Waals surface area (Å²) >= 11 is 0. The van der Waals surface area contributed by atoms with Gasteiger partial charge in [-0.1, -0.05) is 32.6 Å². The Hall–Kier alpha value is -1.14. The van der Waals surface area contributed by atoms with Crippen molar-refractivity contribution >= 4 is 11.8 Å². The average Bonchev–Trinajstić information content (AvgIpc) is 2.61. The maximum Gasteiger partial charge on any atom is 0.242 e. The fourth-order valence-electron chi connectivity index (χ4n) is 4.07. The van der Waals surface area contributed by atoms with Crippen molar-refractivity contribution in [2.24, 2.45) is 5.73 Å². The molecule has 6 heteroatoms. The van der Waals surface area contributed by atoms with Gasteiger partial charge in [-0.15, -0.1) is 0 Å². The first-order valence-corrected chi connectivity index (χ1v) is 9.91. The van der Waals surface area contributed by atoms with Crippen LogP contribution in [0.15, 0.2) is 0 Å². The van der Waals surface area contributed by atoms with E-state index in [0.29, 0.717) is 32.1 Å². The smallest absolute Gasteiger partial charge is 0.242 e. The van der Waals surface area contributed by atoms with Gasteiger partial charge in [0.15, 0.2) is 0 Å². The number of rotatable bonds is 6. The van der Waals surface area contributed by atoms with Gasteiger partial charge in [0.2, 0.25) is 11.8 Å². The van der Waals surface area contributed by atoms with Crippen molar-refractivity contribution in [3.8, 4) is 0 Å². The molecule has 0 spiro atoms. The molecule has 2 fully saturated rings. The fraction of sp³-hybridized carbons (Fsp3) is 0.895. The van der Waals surface area contributed by atoms with Gasteiger partial charge in [0.05, 0.1) is 12.1 Å². The van der Waals surface area contributed by atoms with Crippen molar-refractivity contribution in [2.45, 2.75) is 70.4 Å². The van der Waals surface area contributed by atoms with Crippen molar-refractivity contribution in [2.75, 3.05) is 39.8 Å². The molecule has 0 aromatic carbocycles. The third-order valence-electron chi connectivity index (χ3n) is 5.79. The molecule has 1 aliphatic heterocycles. The molecule has 1 saturated carbocycles. The Morgan fingerprint density at radius 3 is 2.28 bits per heavy atom. The molecule has 0 bridgehead atoms. The predicted octanol–water partition coefficient (Wildman–Crippen LogP) is 1.44. The SMILES string of the molecule is CCCC(C)(N)C(=O)N1CCN(CC(=O)N(C)C2CCCCC2)CC1. The highest BCUT2D eigenvalue weighted by molar-refractivity contribution is 5.85. The molecule has 6 nitrogen and oxygen atoms in total. The highest BCUT2D eigenvalue weighted by Crippen LogP contribution is 2.22. The number of piperazine rings is 1. The molecule has 1 atom stereocenters. The van der Waals surface area contributed by atoms with Crippen LogP contribution in [0.3, 0.4) is 0 Å². The van der Waals surface area contributed by atoms with Crippen molar-refractivity contribution in [3.05, 3.63) is 0 Å². The summed E-state index contributed by atoms with van der Waals surface area (Å²) in [5, 5.41) is 0. The summed E-state index contributed by atoms with van der Waals surface area (Å²) in [6.45, 7) is 7.16. The van der Waals surface area contributed by atoms with Gasteiger partial charge in [-0.05, 0) is 26.2 Å². The maximum atomic E-state index is 12.6. The molecule has 1 heterocycles. The van der Waals surface area contributed by atoms with Crippen molar-refractivity contribution in [3.63, 3.8) is 0 Å². The second kappa shape index (κ2) is 8.99. The van der Waals surface area contributed by atoms with E-state index < -0.39 is 5.54 Å². The van der Waals surface area contributed by atoms with Crippen LogP contribution in [0, 0.1) is 0 Å². The van der Waals surface area contributed by atoms with Crippen LogP contribution in [-0.2, 0) is 9.59 Å². The number of likely N-dealkylation sites (N-methyl/N-ethyl adjacent to an activating group) is 1. The van der Waals surface area contributed by atoms with E-state index >= 15 is 0 Å². The lowest BCUT2D eigenvalue weighted by Gasteiger charge is -2.39. The van der Waals surface area contributed by atoms with Crippen molar-refractivity contribution in [1.82, 2.24) is 14.7 Å². The molecule has 2 N–H and O–H groups in total. The molecule has 2 rings (SSSR count). The number of carbonyl (C=O) groups excluding carboxylic acids is 2. The van der Waals surface area contributed by atoms with Crippen LogP contribution < -0.4 is 5.73 Å². The fourth-order valence-corrected chi connectivity index (χ4v) is 4.07. The number of nitrogens with zero attached hydrogens (tertiary/aromatic N) is 3. The van der Waals surface area contributed by atoms with Crippen LogP contribution in [0.4, 0.5) is 0 Å². The molecule has 1 saturated heterocycles. The van der Waals surface area contributed by atoms with E-state index in [1.807, 2.05) is 30.7 Å². The van der Waals surface area contributed by atoms with Gasteiger partial charge < -0.3 is 15.5 Å². The van der Waals surface area contributed by atoms with Crippen LogP contribution in [0.1, 0.15) is 58.8 Å². The molecular weight excluding hydrogens is 316 g/mol. The Labute approximate surface area is 152 Å². The van der Waals surface area contributed by atoms with E-state index in [0.717, 1.165) is 32.4 Å². The van der Waals surface area contributed by atoms with E-state index in [-0.39, 0.29) is 11.8 Å². The molecule has 144 valence electrons. The van der Waals surface area contributed by atoms with Gasteiger partial charge in [0.1, 0.15) is 0 Å². The van der Waals surface area contributed by atoms with Gasteiger partial charge in [-0.3, -0.25) is 14.5 Å². The van der Waals surface area contributed by atoms with E-state index in [4.69, 9.17) is 5.73 Å². The van der Waals surface area contributed by atoms with E-state index in [2.05, 4.69) is 4.90 Å². The monoisotopic (exact) mass is 352 g/mol. The van der Waals surface area contributed by atoms with Gasteiger partial charge >= 0.3 is 0 Å². The quantitative estimate of drug-likeness (QED) is 0.785. The minimum Gasteiger partial charge on any atom is -0.342 e. The first-order chi connectivity index (χ1) is 11.8. The molecule has 0 aromatic heterocycles. The first-order valence-electron chi connectivity index (χ1n) is 9.91. The third-order valence-corrected chi connectivity index (χ3v) is 5.79. The number of hydrogen-bond acceptors (Lipinski definition) is 4. The van der Waals surface area contributed by atoms with E-state index in [1.165, 1.54) is 19.3 Å². The summed E-state index contributed by atoms with van der Waals surface area (Å²) in [7, 11) is 1.95. The normalized spacial score (nSPS) is 22.5. The Balaban J connectivity index is 1.78. The van der Waals surface area contributed by atoms with Crippen LogP contribution in [-0.4, -0.2) is 77.9 Å². The van der Waals surface area contributed by atoms with Crippen molar-refractivity contribution in [1.29, 1.82) is 0 Å². The number of nitrogens with two attached hydrogens (primary N) is 1. The van der Waals surface area contributed by atoms with Gasteiger partial charge in [-0.2, -0.15) is 0 Å². The zero-order valence-electron chi connectivity index (χ0n) is 16.3. The predicted molar refractivity (Wildman–Crippen MR) is 100 cm³/mol. The minimum absolute atomic E-state index is 0.0413. The van der Waals surface area contributed by atoms with Gasteiger partial charge in [0.25, 0.3) is 0 Å². The summed E-state index contributed by atoms with van der Waals surface area (Å²) in [5.74, 6) is 0.251. The third kappa shape index (κ3) is 5.42. The number of amides is 2. The first kappa shape index (κ1) is 20.2. The lowest BCUT2D eigenvalue weighted by molar-refractivity contribution is -0.139. The Morgan fingerprint density at radius 2 is 1.72 bits per heavy atom. The molecule has 1 unspecified atom stereocenters. The summed E-state index contributed by atoms with van der Waals surface area (Å²) in [6.07, 6.45) is 7.65. The van der Waals surface area contributed by atoms with Crippen LogP contribution >= 0.6 is 0 Å². The topological polar surface area (TPSA) is 69.9 Å². The second-order valence-electron chi connectivity index (χ2n) is 8.03. The van der Waals surface area contributed by atoms with Gasteiger partial charge in [-0.25, -0.2) is 0 Å². The largest absolute Gasteiger partial charge is 0.342 e. The average molecular weight is 353 g/mol. The maximum absolute atomic E-state index is 12.6. The van der Waals surface area contributed by atoms with Crippen LogP contribution in [0.2, 0.25) is 0 Å². The zero-order chi connectivity index (χ0) is 18.4. The van der Waals surface area contributed by atoms with E-state index in [1.54, 1.807) is 0 Å². The standard InChI is InChI=1S/C19H36N4O2/c1-4-10-19(2,20)18(25)23-13-11-22(12-14-23)15-17(24)21(3)16-8-6-5-7-9-16/h16H,4-15,20H2,1-3H3. The number of carbonyl (C=O) groups is 2. The Morgan fingerprint density at radius 1 is 1.12 bits per heavy atom. The van der Waals surface area contributed by atoms with E-state index in [9.17, 15) is 9.59 Å². The highest BCUT2D eigenvalue weighted by Gasteiger charge is 2.34. The zero-order valence-corrected chi connectivity index (χ0v) is 16.3. The highest BCUT2D eigenvalue weighted by atomic mass is 16.2. The molecular formula is C19H36N4O2. The molecule has 2 aliphatic rings. The number of hydrogen-bond donors (Lipinski definition) is 1. The lowest BCUT2D eigenvalue weighted by atomic mass is 9.94. The van der Waals surface area contributed by atoms with Gasteiger partial charge in [0, 0.05) is 39.3 Å². The van der Waals surface area contributed by atoms with Crippen LogP contribution in [0.25, 0.3) is 0 Å². The Bertz CT molecular complexity index is 452. The molecule has 0 aromatic rings. The molecule has 25 heavy (non-hydrogen) atoms.